The number of hydrogen-bond donors (Lipinski definition) is 2. The van der Waals surface area contributed by atoms with Crippen LogP contribution in [-0.4, -0.2) is 74.3 Å². The molecule has 10 heteroatoms. The second-order valence-electron chi connectivity index (χ2n) is 22.2. The molecule has 0 aliphatic carbocycles. The molecule has 0 bridgehead atoms. The maximum absolute atomic E-state index is 13.5. The fourth-order valence-corrected chi connectivity index (χ4v) is 9.46. The Morgan fingerprint density at radius 2 is 0.842 bits per heavy atom. The van der Waals surface area contributed by atoms with Gasteiger partial charge in [-0.05, 0) is 102 Å². The van der Waals surface area contributed by atoms with Gasteiger partial charge in [0.05, 0.1) is 33.8 Å². The monoisotopic (exact) mass is 1080 g/mol. The van der Waals surface area contributed by atoms with Crippen molar-refractivity contribution in [1.29, 1.82) is 0 Å². The van der Waals surface area contributed by atoms with E-state index in [1.54, 1.807) is 0 Å². The molecular formula is C66H120N2O7P+. The van der Waals surface area contributed by atoms with E-state index in [1.165, 1.54) is 122 Å². The molecule has 0 aliphatic heterocycles. The van der Waals surface area contributed by atoms with Crippen LogP contribution in [0, 0.1) is 0 Å². The van der Waals surface area contributed by atoms with Gasteiger partial charge in [-0.15, -0.1) is 0 Å². The maximum atomic E-state index is 13.5. The predicted octanol–water partition coefficient (Wildman–Crippen LogP) is 19.4. The molecule has 0 fully saturated rings. The van der Waals surface area contributed by atoms with E-state index in [0.29, 0.717) is 17.4 Å². The molecule has 0 aromatic rings. The van der Waals surface area contributed by atoms with E-state index >= 15 is 0 Å². The summed E-state index contributed by atoms with van der Waals surface area (Å²) in [6.45, 7) is 6.88. The molecule has 0 saturated carbocycles. The minimum atomic E-state index is -4.46. The summed E-state index contributed by atoms with van der Waals surface area (Å²) in [7, 11) is 1.47. The number of hydrogen-bond acceptors (Lipinski definition) is 6. The molecule has 3 atom stereocenters. The second kappa shape index (κ2) is 55.5. The summed E-state index contributed by atoms with van der Waals surface area (Å²) >= 11 is 0. The highest BCUT2D eigenvalue weighted by molar-refractivity contribution is 7.47. The highest BCUT2D eigenvalue weighted by Crippen LogP contribution is 2.43. The predicted molar refractivity (Wildman–Crippen MR) is 328 cm³/mol. The second-order valence-corrected chi connectivity index (χ2v) is 23.6. The number of nitrogens with one attached hydrogen (secondary N) is 1. The Morgan fingerprint density at radius 3 is 1.29 bits per heavy atom. The lowest BCUT2D eigenvalue weighted by molar-refractivity contribution is -0.870. The summed E-state index contributed by atoms with van der Waals surface area (Å²) in [5, 5.41) is 3.04. The molecule has 3 unspecified atom stereocenters. The summed E-state index contributed by atoms with van der Waals surface area (Å²) < 4.78 is 30.7. The number of amides is 1. The molecule has 0 rings (SSSR count). The van der Waals surface area contributed by atoms with Gasteiger partial charge in [-0.25, -0.2) is 4.57 Å². The molecular weight excluding hydrogens is 964 g/mol. The Hall–Kier alpha value is -2.81. The van der Waals surface area contributed by atoms with Crippen molar-refractivity contribution in [3.63, 3.8) is 0 Å². The minimum Gasteiger partial charge on any atom is -0.456 e. The normalized spacial score (nSPS) is 14.2. The van der Waals surface area contributed by atoms with Gasteiger partial charge in [0.2, 0.25) is 5.91 Å². The molecule has 0 heterocycles. The van der Waals surface area contributed by atoms with Gasteiger partial charge in [0.25, 0.3) is 0 Å². The van der Waals surface area contributed by atoms with E-state index in [1.807, 2.05) is 33.3 Å². The van der Waals surface area contributed by atoms with Crippen LogP contribution in [0.15, 0.2) is 85.1 Å². The molecule has 76 heavy (non-hydrogen) atoms. The zero-order chi connectivity index (χ0) is 55.7. The van der Waals surface area contributed by atoms with Crippen LogP contribution in [0.5, 0.6) is 0 Å². The van der Waals surface area contributed by atoms with Crippen molar-refractivity contribution in [3.8, 4) is 0 Å². The molecule has 0 aromatic carbocycles. The topological polar surface area (TPSA) is 111 Å². The summed E-state index contributed by atoms with van der Waals surface area (Å²) in [6, 6.07) is -0.864. The van der Waals surface area contributed by atoms with Crippen molar-refractivity contribution in [2.24, 2.45) is 0 Å². The van der Waals surface area contributed by atoms with Crippen molar-refractivity contribution >= 4 is 19.7 Å². The molecule has 0 aliphatic rings. The van der Waals surface area contributed by atoms with Crippen molar-refractivity contribution in [2.45, 2.75) is 283 Å². The fourth-order valence-electron chi connectivity index (χ4n) is 8.73. The lowest BCUT2D eigenvalue weighted by Gasteiger charge is -2.27. The molecule has 1 amide bonds. The number of esters is 1. The summed E-state index contributed by atoms with van der Waals surface area (Å²) in [5.41, 5.74) is 0. The first kappa shape index (κ1) is 73.2. The van der Waals surface area contributed by atoms with Crippen LogP contribution in [0.2, 0.25) is 0 Å². The Labute approximate surface area is 469 Å². The van der Waals surface area contributed by atoms with E-state index in [0.717, 1.165) is 116 Å². The van der Waals surface area contributed by atoms with E-state index < -0.39 is 20.0 Å². The summed E-state index contributed by atoms with van der Waals surface area (Å²) in [6.07, 6.45) is 72.9. The van der Waals surface area contributed by atoms with E-state index in [2.05, 4.69) is 99.0 Å². The van der Waals surface area contributed by atoms with Gasteiger partial charge >= 0.3 is 13.8 Å². The van der Waals surface area contributed by atoms with Crippen LogP contribution in [0.4, 0.5) is 0 Å². The third-order valence-corrected chi connectivity index (χ3v) is 14.6. The van der Waals surface area contributed by atoms with E-state index in [9.17, 15) is 19.0 Å². The van der Waals surface area contributed by atoms with Crippen LogP contribution >= 0.6 is 7.82 Å². The molecule has 0 spiro atoms. The molecule has 0 aromatic heterocycles. The molecule has 440 valence electrons. The third kappa shape index (κ3) is 55.9. The summed E-state index contributed by atoms with van der Waals surface area (Å²) in [4.78, 5) is 37.7. The van der Waals surface area contributed by atoms with Crippen molar-refractivity contribution in [3.05, 3.63) is 85.1 Å². The number of allylic oxidation sites excluding steroid dienone is 13. The average molecular weight is 1080 g/mol. The first-order chi connectivity index (χ1) is 36.9. The van der Waals surface area contributed by atoms with Crippen LogP contribution in [-0.2, 0) is 27.9 Å². The first-order valence-corrected chi connectivity index (χ1v) is 32.9. The molecule has 9 nitrogen and oxygen atoms in total. The number of likely N-dealkylation sites (N-methyl/N-ethyl adjacent to an activating group) is 1. The highest BCUT2D eigenvalue weighted by atomic mass is 31.2. The Bertz CT molecular complexity index is 1580. The number of ether oxygens (including phenoxy) is 1. The Kier molecular flexibility index (Phi) is 53.5. The zero-order valence-electron chi connectivity index (χ0n) is 50.2. The summed E-state index contributed by atoms with van der Waals surface area (Å²) in [5.74, 6) is -0.536. The highest BCUT2D eigenvalue weighted by Gasteiger charge is 2.30. The minimum absolute atomic E-state index is 0.0327. The van der Waals surface area contributed by atoms with Gasteiger partial charge in [-0.3, -0.25) is 18.6 Å². The lowest BCUT2D eigenvalue weighted by Crippen LogP contribution is -2.47. The van der Waals surface area contributed by atoms with Crippen molar-refractivity contribution < 1.29 is 37.3 Å². The quantitative estimate of drug-likeness (QED) is 0.0205. The van der Waals surface area contributed by atoms with Gasteiger partial charge in [0, 0.05) is 12.8 Å². The largest absolute Gasteiger partial charge is 0.472 e. The van der Waals surface area contributed by atoms with Crippen LogP contribution < -0.4 is 5.32 Å². The number of rotatable bonds is 56. The number of quaternary nitrogens is 1. The van der Waals surface area contributed by atoms with Crippen molar-refractivity contribution in [2.75, 3.05) is 40.9 Å². The van der Waals surface area contributed by atoms with Gasteiger partial charge in [0.15, 0.2) is 0 Å². The van der Waals surface area contributed by atoms with Gasteiger partial charge < -0.3 is 19.4 Å². The Morgan fingerprint density at radius 1 is 0.474 bits per heavy atom. The van der Waals surface area contributed by atoms with Crippen molar-refractivity contribution in [1.82, 2.24) is 5.32 Å². The van der Waals surface area contributed by atoms with Gasteiger partial charge in [-0.1, -0.05) is 241 Å². The van der Waals surface area contributed by atoms with Crippen LogP contribution in [0.1, 0.15) is 271 Å². The van der Waals surface area contributed by atoms with Crippen LogP contribution in [0.25, 0.3) is 0 Å². The number of unbranched alkanes of at least 4 members (excludes halogenated alkanes) is 28. The van der Waals surface area contributed by atoms with Crippen LogP contribution in [0.3, 0.4) is 0 Å². The number of phosphoric ester groups is 1. The smallest absolute Gasteiger partial charge is 0.456 e. The Balaban J connectivity index is 5.27. The average Bonchev–Trinajstić information content (AvgIpc) is 3.38. The van der Waals surface area contributed by atoms with Gasteiger partial charge in [0.1, 0.15) is 19.3 Å². The standard InChI is InChI=1S/C66H119N2O7P/c1-7-10-13-16-19-22-25-28-30-31-32-33-34-35-36-37-38-41-44-47-50-53-56-59-66(70)75-64(57-54-51-48-45-42-39-27-24-21-18-15-12-9-3)63(62-74-76(71,72)73-61-60-68(4,5)6)67-65(69)58-55-52-49-46-43-40-29-26-23-20-17-14-11-8-2/h10,13,19,22,28,30,32-33,35-36,40,43,54,57,63-64H,7-9,11-12,14-18,20-21,23-27,29,31,34,37-39,41-42,44-53,55-56,58-62H2,1-6H3,(H-,67,69,71,72)/p+1/b13-10-,22-19-,30-28-,33-32-,36-35-,43-40-,57-54-. The number of carbonyl (C=O) groups is 2. The fraction of sp³-hybridized carbons (Fsp3) is 0.758. The third-order valence-electron chi connectivity index (χ3n) is 13.6. The molecule has 0 radical (unpaired) electrons. The molecule has 2 N–H and O–H groups in total. The number of carbonyl (C=O) groups excluding carboxylic acids is 2. The SMILES string of the molecule is CC/C=C\C/C=C\C/C=C\C/C=C\C/C=C\CCCCCCCCCC(=O)OC(/C=C\CCCCCCCCCCCCC)C(COP(=O)(O)OCC[N+](C)(C)C)NC(=O)CCCCC/C=C\CCCCCCCCC. The maximum Gasteiger partial charge on any atom is 0.472 e. The first-order valence-electron chi connectivity index (χ1n) is 31.4. The molecule has 0 saturated heterocycles. The number of nitrogens with zero attached hydrogens (tertiary/aromatic N) is 1. The lowest BCUT2D eigenvalue weighted by atomic mass is 10.0. The zero-order valence-corrected chi connectivity index (χ0v) is 51.1. The van der Waals surface area contributed by atoms with Gasteiger partial charge in [-0.2, -0.15) is 0 Å². The van der Waals surface area contributed by atoms with E-state index in [-0.39, 0.29) is 31.5 Å². The van der Waals surface area contributed by atoms with E-state index in [4.69, 9.17) is 13.8 Å². The number of phosphoric acid groups is 1.